The largest absolute Gasteiger partial charge is 0.365 e. The minimum absolute atomic E-state index is 0.0623. The van der Waals surface area contributed by atoms with Crippen LogP contribution in [0.25, 0.3) is 0 Å². The summed E-state index contributed by atoms with van der Waals surface area (Å²) in [6.07, 6.45) is 1.86. The van der Waals surface area contributed by atoms with Gasteiger partial charge in [0.2, 0.25) is 0 Å². The SMILES string of the molecule is CC[C@H]1Cc2sc(NC(=O)Nc3ccc(Cl)cc3)c(C(N)=O)c2[C@@H](C)N1C. The van der Waals surface area contributed by atoms with E-state index in [-0.39, 0.29) is 6.04 Å². The topological polar surface area (TPSA) is 87.5 Å². The van der Waals surface area contributed by atoms with Gasteiger partial charge in [0.05, 0.1) is 5.56 Å². The van der Waals surface area contributed by atoms with Crippen molar-refractivity contribution in [2.75, 3.05) is 17.7 Å². The van der Waals surface area contributed by atoms with Crippen LogP contribution >= 0.6 is 22.9 Å². The van der Waals surface area contributed by atoms with E-state index in [1.807, 2.05) is 0 Å². The molecule has 1 aliphatic rings. The van der Waals surface area contributed by atoms with E-state index in [0.29, 0.717) is 27.3 Å². The van der Waals surface area contributed by atoms with Crippen molar-refractivity contribution in [3.63, 3.8) is 0 Å². The lowest BCUT2D eigenvalue weighted by Crippen LogP contribution is -2.39. The van der Waals surface area contributed by atoms with Gasteiger partial charge in [-0.15, -0.1) is 11.3 Å². The number of thiophene rings is 1. The Morgan fingerprint density at radius 2 is 1.96 bits per heavy atom. The molecule has 27 heavy (non-hydrogen) atoms. The van der Waals surface area contributed by atoms with Crippen LogP contribution in [-0.2, 0) is 6.42 Å². The Labute approximate surface area is 167 Å². The van der Waals surface area contributed by atoms with Gasteiger partial charge in [-0.1, -0.05) is 18.5 Å². The predicted molar refractivity (Wildman–Crippen MR) is 111 cm³/mol. The number of halogens is 1. The number of hydrogen-bond donors (Lipinski definition) is 3. The summed E-state index contributed by atoms with van der Waals surface area (Å²) in [6.45, 7) is 4.22. The highest BCUT2D eigenvalue weighted by molar-refractivity contribution is 7.17. The van der Waals surface area contributed by atoms with E-state index < -0.39 is 11.9 Å². The summed E-state index contributed by atoms with van der Waals surface area (Å²) in [5, 5.41) is 6.62. The maximum atomic E-state index is 12.4. The third-order valence-electron chi connectivity index (χ3n) is 5.09. The summed E-state index contributed by atoms with van der Waals surface area (Å²) in [7, 11) is 2.06. The molecule has 0 radical (unpaired) electrons. The zero-order valence-corrected chi connectivity index (χ0v) is 17.1. The molecule has 8 heteroatoms. The van der Waals surface area contributed by atoms with Crippen molar-refractivity contribution in [1.82, 2.24) is 4.90 Å². The third kappa shape index (κ3) is 3.95. The highest BCUT2D eigenvalue weighted by Gasteiger charge is 2.35. The monoisotopic (exact) mass is 406 g/mol. The molecule has 0 bridgehead atoms. The molecule has 1 aromatic heterocycles. The third-order valence-corrected chi connectivity index (χ3v) is 6.49. The Kier molecular flexibility index (Phi) is 5.74. The van der Waals surface area contributed by atoms with Crippen LogP contribution in [0.1, 0.15) is 47.1 Å². The van der Waals surface area contributed by atoms with Gasteiger partial charge in [0.25, 0.3) is 5.91 Å². The maximum absolute atomic E-state index is 12.4. The second-order valence-electron chi connectivity index (χ2n) is 6.70. The molecule has 1 aromatic carbocycles. The number of primary amides is 1. The van der Waals surface area contributed by atoms with Crippen LogP contribution in [-0.4, -0.2) is 29.9 Å². The Bertz CT molecular complexity index is 865. The number of benzene rings is 1. The molecule has 1 aliphatic heterocycles. The van der Waals surface area contributed by atoms with Gasteiger partial charge in [-0.3, -0.25) is 15.0 Å². The van der Waals surface area contributed by atoms with Gasteiger partial charge >= 0.3 is 6.03 Å². The summed E-state index contributed by atoms with van der Waals surface area (Å²) in [5.74, 6) is -0.524. The number of urea groups is 1. The smallest absolute Gasteiger partial charge is 0.324 e. The summed E-state index contributed by atoms with van der Waals surface area (Å²) in [4.78, 5) is 27.9. The molecule has 144 valence electrons. The standard InChI is InChI=1S/C19H23ClN4O2S/c1-4-13-9-14-15(10(2)24(13)3)16(17(21)25)18(27-14)23-19(26)22-12-7-5-11(20)6-8-12/h5-8,10,13H,4,9H2,1-3H3,(H2,21,25)(H2,22,23,26)/t10-,13+/m1/s1. The van der Waals surface area contributed by atoms with Gasteiger partial charge in [0.1, 0.15) is 5.00 Å². The minimum atomic E-state index is -0.524. The second-order valence-corrected chi connectivity index (χ2v) is 8.24. The van der Waals surface area contributed by atoms with E-state index in [1.165, 1.54) is 11.3 Å². The van der Waals surface area contributed by atoms with Crippen LogP contribution in [0.5, 0.6) is 0 Å². The van der Waals surface area contributed by atoms with E-state index in [2.05, 4.69) is 36.4 Å². The van der Waals surface area contributed by atoms with E-state index >= 15 is 0 Å². The first-order valence-corrected chi connectivity index (χ1v) is 10.0. The molecular weight excluding hydrogens is 384 g/mol. The molecule has 4 N–H and O–H groups in total. The lowest BCUT2D eigenvalue weighted by atomic mass is 9.91. The second kappa shape index (κ2) is 7.88. The van der Waals surface area contributed by atoms with Crippen molar-refractivity contribution in [1.29, 1.82) is 0 Å². The first-order chi connectivity index (χ1) is 12.8. The Morgan fingerprint density at radius 3 is 2.56 bits per heavy atom. The molecule has 3 rings (SSSR count). The number of nitrogens with zero attached hydrogens (tertiary/aromatic N) is 1. The van der Waals surface area contributed by atoms with Crippen LogP contribution < -0.4 is 16.4 Å². The highest BCUT2D eigenvalue weighted by Crippen LogP contribution is 2.43. The van der Waals surface area contributed by atoms with Gasteiger partial charge in [-0.05, 0) is 56.6 Å². The Balaban J connectivity index is 1.87. The Hall–Kier alpha value is -2.09. The van der Waals surface area contributed by atoms with Gasteiger partial charge in [0.15, 0.2) is 0 Å². The molecule has 3 amide bonds. The van der Waals surface area contributed by atoms with Crippen LogP contribution in [0.2, 0.25) is 5.02 Å². The fourth-order valence-electron chi connectivity index (χ4n) is 3.53. The first-order valence-electron chi connectivity index (χ1n) is 8.82. The van der Waals surface area contributed by atoms with Crippen LogP contribution in [0.3, 0.4) is 0 Å². The Morgan fingerprint density at radius 1 is 1.30 bits per heavy atom. The van der Waals surface area contributed by atoms with E-state index in [9.17, 15) is 9.59 Å². The molecule has 0 saturated carbocycles. The molecule has 2 atom stereocenters. The average Bonchev–Trinajstić information content (AvgIpc) is 2.98. The van der Waals surface area contributed by atoms with Crippen molar-refractivity contribution in [3.05, 3.63) is 45.3 Å². The predicted octanol–water partition coefficient (Wildman–Crippen LogP) is 4.47. The van der Waals surface area contributed by atoms with Gasteiger partial charge < -0.3 is 11.1 Å². The maximum Gasteiger partial charge on any atom is 0.324 e. The average molecular weight is 407 g/mol. The number of hydrogen-bond acceptors (Lipinski definition) is 4. The molecule has 2 aromatic rings. The first kappa shape index (κ1) is 19.7. The molecule has 0 unspecified atom stereocenters. The van der Waals surface area contributed by atoms with E-state index in [0.717, 1.165) is 23.3 Å². The fraction of sp³-hybridized carbons (Fsp3) is 0.368. The minimum Gasteiger partial charge on any atom is -0.365 e. The fourth-order valence-corrected chi connectivity index (χ4v) is 5.01. The number of anilines is 2. The van der Waals surface area contributed by atoms with Crippen LogP contribution in [0.4, 0.5) is 15.5 Å². The molecule has 6 nitrogen and oxygen atoms in total. The quantitative estimate of drug-likeness (QED) is 0.699. The molecule has 0 spiro atoms. The summed E-state index contributed by atoms with van der Waals surface area (Å²) >= 11 is 7.29. The number of nitrogens with one attached hydrogen (secondary N) is 2. The number of carbonyl (C=O) groups excluding carboxylic acids is 2. The van der Waals surface area contributed by atoms with Crippen molar-refractivity contribution in [2.24, 2.45) is 5.73 Å². The van der Waals surface area contributed by atoms with Crippen molar-refractivity contribution in [3.8, 4) is 0 Å². The number of likely N-dealkylation sites (N-methyl/N-ethyl adjacent to an activating group) is 1. The molecule has 0 aliphatic carbocycles. The lowest BCUT2D eigenvalue weighted by molar-refractivity contribution is 0.0994. The summed E-state index contributed by atoms with van der Waals surface area (Å²) in [5.41, 5.74) is 7.62. The van der Waals surface area contributed by atoms with Crippen molar-refractivity contribution >= 4 is 45.6 Å². The van der Waals surface area contributed by atoms with Crippen LogP contribution in [0, 0.1) is 0 Å². The van der Waals surface area contributed by atoms with Crippen LogP contribution in [0.15, 0.2) is 24.3 Å². The van der Waals surface area contributed by atoms with Gasteiger partial charge in [0, 0.05) is 27.7 Å². The number of nitrogens with two attached hydrogens (primary N) is 1. The van der Waals surface area contributed by atoms with Gasteiger partial charge in [-0.25, -0.2) is 4.79 Å². The normalized spacial score (nSPS) is 19.4. The number of rotatable bonds is 4. The molecule has 0 saturated heterocycles. The number of fused-ring (bicyclic) bond motifs is 1. The highest BCUT2D eigenvalue weighted by atomic mass is 35.5. The molecule has 2 heterocycles. The summed E-state index contributed by atoms with van der Waals surface area (Å²) in [6, 6.07) is 6.84. The molecular formula is C19H23ClN4O2S. The molecule has 0 fully saturated rings. The number of carbonyl (C=O) groups is 2. The zero-order chi connectivity index (χ0) is 19.7. The van der Waals surface area contributed by atoms with E-state index in [4.69, 9.17) is 17.3 Å². The number of amides is 3. The van der Waals surface area contributed by atoms with Gasteiger partial charge in [-0.2, -0.15) is 0 Å². The van der Waals surface area contributed by atoms with E-state index in [1.54, 1.807) is 24.3 Å². The van der Waals surface area contributed by atoms with Crippen molar-refractivity contribution < 1.29 is 9.59 Å². The van der Waals surface area contributed by atoms with Crippen molar-refractivity contribution in [2.45, 2.75) is 38.8 Å². The zero-order valence-electron chi connectivity index (χ0n) is 15.5. The summed E-state index contributed by atoms with van der Waals surface area (Å²) < 4.78 is 0. The lowest BCUT2D eigenvalue weighted by Gasteiger charge is -2.37.